The molecule has 16 heavy (non-hydrogen) atoms. The van der Waals surface area contributed by atoms with Crippen LogP contribution in [0.5, 0.6) is 0 Å². The molecule has 2 unspecified atom stereocenters. The Morgan fingerprint density at radius 2 is 2.50 bits per heavy atom. The minimum atomic E-state index is -0.972. The second-order valence-electron chi connectivity index (χ2n) is 4.12. The van der Waals surface area contributed by atoms with Crippen molar-refractivity contribution in [3.05, 3.63) is 24.8 Å². The van der Waals surface area contributed by atoms with E-state index in [4.69, 9.17) is 5.11 Å². The zero-order chi connectivity index (χ0) is 11.5. The Bertz CT molecular complexity index is 397. The summed E-state index contributed by atoms with van der Waals surface area (Å²) in [6.07, 6.45) is 8.27. The lowest BCUT2D eigenvalue weighted by Crippen LogP contribution is -2.39. The number of aromatic nitrogens is 2. The fourth-order valence-corrected chi connectivity index (χ4v) is 1.98. The summed E-state index contributed by atoms with van der Waals surface area (Å²) in [7, 11) is 0. The third kappa shape index (κ3) is 2.24. The van der Waals surface area contributed by atoms with Crippen molar-refractivity contribution in [3.63, 3.8) is 0 Å². The smallest absolute Gasteiger partial charge is 0.405 e. The molecule has 0 aromatic carbocycles. The van der Waals surface area contributed by atoms with E-state index in [1.54, 1.807) is 12.5 Å². The second kappa shape index (κ2) is 4.38. The molecule has 5 heteroatoms. The average molecular weight is 221 g/mol. The van der Waals surface area contributed by atoms with Crippen LogP contribution >= 0.6 is 0 Å². The van der Waals surface area contributed by atoms with Gasteiger partial charge in [-0.15, -0.1) is 0 Å². The van der Waals surface area contributed by atoms with Gasteiger partial charge in [0.05, 0.1) is 12.4 Å². The van der Waals surface area contributed by atoms with Gasteiger partial charge in [-0.1, -0.05) is 6.92 Å². The highest BCUT2D eigenvalue weighted by Crippen LogP contribution is 2.26. The summed E-state index contributed by atoms with van der Waals surface area (Å²) in [4.78, 5) is 14.6. The van der Waals surface area contributed by atoms with Crippen molar-refractivity contribution < 1.29 is 9.90 Å². The van der Waals surface area contributed by atoms with E-state index in [0.717, 1.165) is 18.5 Å². The Hall–Kier alpha value is -1.78. The molecule has 0 saturated heterocycles. The normalized spacial score (nSPS) is 24.9. The van der Waals surface area contributed by atoms with Gasteiger partial charge in [-0.05, 0) is 24.8 Å². The maximum Gasteiger partial charge on any atom is 0.405 e. The number of hydrogen-bond acceptors (Lipinski definition) is 2. The lowest BCUT2D eigenvalue weighted by Gasteiger charge is -2.27. The summed E-state index contributed by atoms with van der Waals surface area (Å²) in [6, 6.07) is -0.108. The van der Waals surface area contributed by atoms with Gasteiger partial charge in [0.2, 0.25) is 0 Å². The van der Waals surface area contributed by atoms with Gasteiger partial charge in [-0.25, -0.2) is 9.78 Å². The summed E-state index contributed by atoms with van der Waals surface area (Å²) in [6.45, 7) is 2.06. The van der Waals surface area contributed by atoms with Crippen LogP contribution in [0.25, 0.3) is 5.70 Å². The number of allylic oxidation sites excluding steroid dienone is 1. The minimum absolute atomic E-state index is 0.108. The Morgan fingerprint density at radius 1 is 1.69 bits per heavy atom. The molecule has 2 rings (SSSR count). The number of rotatable bonds is 2. The van der Waals surface area contributed by atoms with E-state index < -0.39 is 6.09 Å². The van der Waals surface area contributed by atoms with E-state index in [2.05, 4.69) is 17.2 Å². The molecule has 1 aromatic rings. The first-order valence-electron chi connectivity index (χ1n) is 5.35. The van der Waals surface area contributed by atoms with E-state index in [1.807, 2.05) is 16.8 Å². The molecule has 0 radical (unpaired) electrons. The van der Waals surface area contributed by atoms with Crippen LogP contribution in [0.3, 0.4) is 0 Å². The molecule has 0 aliphatic heterocycles. The minimum Gasteiger partial charge on any atom is -0.465 e. The quantitative estimate of drug-likeness (QED) is 0.800. The van der Waals surface area contributed by atoms with Crippen molar-refractivity contribution in [2.45, 2.75) is 25.8 Å². The highest BCUT2D eigenvalue weighted by atomic mass is 16.4. The summed E-state index contributed by atoms with van der Waals surface area (Å²) in [5.41, 5.74) is 1.11. The van der Waals surface area contributed by atoms with Crippen molar-refractivity contribution in [1.29, 1.82) is 0 Å². The van der Waals surface area contributed by atoms with Crippen LogP contribution in [0.2, 0.25) is 0 Å². The van der Waals surface area contributed by atoms with E-state index in [9.17, 15) is 4.79 Å². The molecule has 0 spiro atoms. The van der Waals surface area contributed by atoms with Crippen LogP contribution in [0.4, 0.5) is 4.79 Å². The monoisotopic (exact) mass is 221 g/mol. The average Bonchev–Trinajstić information content (AvgIpc) is 2.73. The lowest BCUT2D eigenvalue weighted by atomic mass is 9.89. The highest BCUT2D eigenvalue weighted by molar-refractivity contribution is 5.66. The van der Waals surface area contributed by atoms with E-state index in [1.165, 1.54) is 0 Å². The first kappa shape index (κ1) is 10.7. The predicted molar refractivity (Wildman–Crippen MR) is 59.8 cm³/mol. The van der Waals surface area contributed by atoms with Gasteiger partial charge in [0.25, 0.3) is 0 Å². The fourth-order valence-electron chi connectivity index (χ4n) is 1.98. The molecule has 1 aromatic heterocycles. The van der Waals surface area contributed by atoms with Gasteiger partial charge in [0.15, 0.2) is 0 Å². The number of amides is 1. The molecular weight excluding hydrogens is 206 g/mol. The van der Waals surface area contributed by atoms with Gasteiger partial charge in [0.1, 0.15) is 0 Å². The molecule has 86 valence electrons. The van der Waals surface area contributed by atoms with Crippen LogP contribution in [0.15, 0.2) is 24.8 Å². The Labute approximate surface area is 93.8 Å². The summed E-state index contributed by atoms with van der Waals surface area (Å²) in [5, 5.41) is 11.3. The summed E-state index contributed by atoms with van der Waals surface area (Å²) >= 11 is 0. The molecule has 5 nitrogen and oxygen atoms in total. The van der Waals surface area contributed by atoms with Crippen molar-refractivity contribution in [3.8, 4) is 0 Å². The molecule has 0 bridgehead atoms. The third-order valence-electron chi connectivity index (χ3n) is 2.97. The van der Waals surface area contributed by atoms with Gasteiger partial charge in [-0.2, -0.15) is 0 Å². The van der Waals surface area contributed by atoms with Crippen LogP contribution in [-0.4, -0.2) is 26.8 Å². The zero-order valence-electron chi connectivity index (χ0n) is 9.13. The summed E-state index contributed by atoms with van der Waals surface area (Å²) in [5.74, 6) is 0.336. The van der Waals surface area contributed by atoms with Gasteiger partial charge in [0, 0.05) is 18.1 Å². The number of carbonyl (C=O) groups is 1. The molecule has 2 N–H and O–H groups in total. The highest BCUT2D eigenvalue weighted by Gasteiger charge is 2.22. The fraction of sp³-hybridized carbons (Fsp3) is 0.455. The Balaban J connectivity index is 2.18. The van der Waals surface area contributed by atoms with Crippen LogP contribution in [0, 0.1) is 5.92 Å². The maximum absolute atomic E-state index is 10.6. The lowest BCUT2D eigenvalue weighted by molar-refractivity contribution is 0.187. The Morgan fingerprint density at radius 3 is 3.12 bits per heavy atom. The van der Waals surface area contributed by atoms with Gasteiger partial charge >= 0.3 is 6.09 Å². The van der Waals surface area contributed by atoms with Crippen molar-refractivity contribution >= 4 is 11.8 Å². The zero-order valence-corrected chi connectivity index (χ0v) is 9.13. The number of carboxylic acid groups (broad SMARTS) is 1. The predicted octanol–water partition coefficient (Wildman–Crippen LogP) is 1.79. The number of nitrogens with zero attached hydrogens (tertiary/aromatic N) is 2. The standard InChI is InChI=1S/C11H15N3O2/c1-8-2-3-9(14-5-4-12-7-14)6-10(8)13-11(15)16/h4-8,10,13H,2-3H2,1H3,(H,15,16). The van der Waals surface area contributed by atoms with Gasteiger partial charge < -0.3 is 15.0 Å². The van der Waals surface area contributed by atoms with Crippen LogP contribution in [0.1, 0.15) is 19.8 Å². The van der Waals surface area contributed by atoms with E-state index >= 15 is 0 Å². The van der Waals surface area contributed by atoms with Crippen LogP contribution < -0.4 is 5.32 Å². The molecule has 2 atom stereocenters. The Kier molecular flexibility index (Phi) is 2.94. The number of imidazole rings is 1. The first-order chi connectivity index (χ1) is 7.66. The maximum atomic E-state index is 10.6. The molecule has 0 saturated carbocycles. The molecule has 1 aliphatic rings. The topological polar surface area (TPSA) is 67.2 Å². The van der Waals surface area contributed by atoms with Crippen molar-refractivity contribution in [1.82, 2.24) is 14.9 Å². The molecule has 0 fully saturated rings. The van der Waals surface area contributed by atoms with E-state index in [0.29, 0.717) is 5.92 Å². The van der Waals surface area contributed by atoms with Gasteiger partial charge in [-0.3, -0.25) is 0 Å². The summed E-state index contributed by atoms with van der Waals surface area (Å²) < 4.78 is 1.93. The van der Waals surface area contributed by atoms with E-state index in [-0.39, 0.29) is 6.04 Å². The molecule has 1 amide bonds. The second-order valence-corrected chi connectivity index (χ2v) is 4.12. The molecule has 1 aliphatic carbocycles. The number of nitrogens with one attached hydrogen (secondary N) is 1. The molecule has 1 heterocycles. The van der Waals surface area contributed by atoms with Crippen molar-refractivity contribution in [2.75, 3.05) is 0 Å². The van der Waals surface area contributed by atoms with Crippen molar-refractivity contribution in [2.24, 2.45) is 5.92 Å². The largest absolute Gasteiger partial charge is 0.465 e. The first-order valence-corrected chi connectivity index (χ1v) is 5.35. The number of hydrogen-bond donors (Lipinski definition) is 2. The molecular formula is C11H15N3O2. The SMILES string of the molecule is CC1CCC(n2ccnc2)=CC1NC(=O)O. The third-order valence-corrected chi connectivity index (χ3v) is 2.97. The van der Waals surface area contributed by atoms with Crippen LogP contribution in [-0.2, 0) is 0 Å².